The van der Waals surface area contributed by atoms with E-state index in [1.165, 1.54) is 7.11 Å². The summed E-state index contributed by atoms with van der Waals surface area (Å²) >= 11 is 0. The number of carbonyl (C=O) groups is 3. The van der Waals surface area contributed by atoms with Crippen LogP contribution in [0.1, 0.15) is 43.9 Å². The van der Waals surface area contributed by atoms with Crippen molar-refractivity contribution >= 4 is 18.1 Å². The quantitative estimate of drug-likeness (QED) is 0.209. The SMILES string of the molecule is COC(=O)N[C@H](C(=O)N[C@@H](Cc1ccc(-c2ccc(C)cn2)cc1)C[C@@H](O)[C@H](Cc1ccccc1)NC(=O)O)C(C)(C)C. The topological polar surface area (TPSA) is 150 Å². The number of hydrogen-bond donors (Lipinski definition) is 5. The maximum Gasteiger partial charge on any atom is 0.407 e. The smallest absolute Gasteiger partial charge is 0.407 e. The summed E-state index contributed by atoms with van der Waals surface area (Å²) in [6.07, 6.45) is -0.635. The monoisotopic (exact) mass is 590 g/mol. The van der Waals surface area contributed by atoms with Crippen LogP contribution >= 0.6 is 0 Å². The van der Waals surface area contributed by atoms with Crippen molar-refractivity contribution in [1.82, 2.24) is 20.9 Å². The number of nitrogens with zero attached hydrogens (tertiary/aromatic N) is 1. The lowest BCUT2D eigenvalue weighted by Gasteiger charge is -2.33. The molecule has 3 amide bonds. The molecule has 0 bridgehead atoms. The van der Waals surface area contributed by atoms with Crippen molar-refractivity contribution in [3.05, 3.63) is 89.6 Å². The summed E-state index contributed by atoms with van der Waals surface area (Å²) in [7, 11) is 1.23. The van der Waals surface area contributed by atoms with Crippen LogP contribution in [0.25, 0.3) is 11.3 Å². The predicted octanol–water partition coefficient (Wildman–Crippen LogP) is 4.48. The fourth-order valence-electron chi connectivity index (χ4n) is 4.83. The van der Waals surface area contributed by atoms with Crippen molar-refractivity contribution in [3.8, 4) is 11.3 Å². The number of carboxylic acid groups (broad SMARTS) is 1. The molecule has 4 atom stereocenters. The second-order valence-corrected chi connectivity index (χ2v) is 11.8. The number of ether oxygens (including phenoxy) is 1. The van der Waals surface area contributed by atoms with Crippen LogP contribution in [0.4, 0.5) is 9.59 Å². The highest BCUT2D eigenvalue weighted by molar-refractivity contribution is 5.86. The molecule has 0 unspecified atom stereocenters. The average Bonchev–Trinajstić information content (AvgIpc) is 2.95. The number of aromatic nitrogens is 1. The molecule has 0 aliphatic rings. The zero-order valence-corrected chi connectivity index (χ0v) is 25.3. The van der Waals surface area contributed by atoms with Gasteiger partial charge in [0.15, 0.2) is 0 Å². The van der Waals surface area contributed by atoms with E-state index < -0.39 is 47.7 Å². The van der Waals surface area contributed by atoms with E-state index in [4.69, 9.17) is 4.74 Å². The second-order valence-electron chi connectivity index (χ2n) is 11.8. The Kier molecular flexibility index (Phi) is 11.7. The standard InChI is InChI=1S/C33H42N4O6/c1-21-11-16-26(34-20-21)24-14-12-23(13-15-24)17-25(35-30(39)29(33(2,3)4)37-32(42)43-5)19-28(38)27(36-31(40)41)18-22-9-7-6-8-10-22/h6-16,20,25,27-29,36,38H,17-19H2,1-5H3,(H,35,39)(H,37,42)(H,40,41)/t25-,27-,28+,29+/m0/s1. The van der Waals surface area contributed by atoms with Crippen molar-refractivity contribution in [1.29, 1.82) is 0 Å². The number of alkyl carbamates (subject to hydrolysis) is 1. The lowest BCUT2D eigenvalue weighted by Crippen LogP contribution is -2.56. The number of amides is 3. The first-order valence-corrected chi connectivity index (χ1v) is 14.2. The molecule has 10 heteroatoms. The fraction of sp³-hybridized carbons (Fsp3) is 0.394. The molecule has 3 aromatic rings. The Balaban J connectivity index is 1.86. The van der Waals surface area contributed by atoms with Gasteiger partial charge in [-0.25, -0.2) is 9.59 Å². The van der Waals surface area contributed by atoms with Gasteiger partial charge in [-0.2, -0.15) is 0 Å². The minimum atomic E-state index is -1.25. The molecule has 43 heavy (non-hydrogen) atoms. The lowest BCUT2D eigenvalue weighted by atomic mass is 9.85. The van der Waals surface area contributed by atoms with E-state index in [0.717, 1.165) is 27.9 Å². The minimum absolute atomic E-state index is 0.0554. The Morgan fingerprint density at radius 3 is 2.09 bits per heavy atom. The van der Waals surface area contributed by atoms with E-state index >= 15 is 0 Å². The molecule has 0 aliphatic heterocycles. The molecular formula is C33H42N4O6. The Morgan fingerprint density at radius 2 is 1.53 bits per heavy atom. The molecule has 3 rings (SSSR count). The molecule has 0 fully saturated rings. The van der Waals surface area contributed by atoms with Gasteiger partial charge >= 0.3 is 12.2 Å². The molecule has 0 spiro atoms. The van der Waals surface area contributed by atoms with Crippen LogP contribution < -0.4 is 16.0 Å². The molecule has 10 nitrogen and oxygen atoms in total. The van der Waals surface area contributed by atoms with Crippen molar-refractivity contribution in [2.24, 2.45) is 5.41 Å². The van der Waals surface area contributed by atoms with Crippen LogP contribution in [0.15, 0.2) is 72.9 Å². The summed E-state index contributed by atoms with van der Waals surface area (Å²) in [5.74, 6) is -0.443. The fourth-order valence-corrected chi connectivity index (χ4v) is 4.83. The second kappa shape index (κ2) is 15.2. The van der Waals surface area contributed by atoms with Gasteiger partial charge in [-0.1, -0.05) is 81.4 Å². The number of aliphatic hydroxyl groups is 1. The van der Waals surface area contributed by atoms with E-state index in [0.29, 0.717) is 6.42 Å². The van der Waals surface area contributed by atoms with Gasteiger partial charge in [0.25, 0.3) is 0 Å². The summed E-state index contributed by atoms with van der Waals surface area (Å²) < 4.78 is 4.73. The number of rotatable bonds is 12. The Bertz CT molecular complexity index is 1340. The van der Waals surface area contributed by atoms with Crippen LogP contribution in [0.5, 0.6) is 0 Å². The highest BCUT2D eigenvalue weighted by atomic mass is 16.5. The molecule has 1 aromatic heterocycles. The first-order chi connectivity index (χ1) is 20.3. The Morgan fingerprint density at radius 1 is 0.884 bits per heavy atom. The van der Waals surface area contributed by atoms with Crippen LogP contribution in [-0.4, -0.2) is 64.6 Å². The van der Waals surface area contributed by atoms with Crippen LogP contribution in [0, 0.1) is 12.3 Å². The number of pyridine rings is 1. The van der Waals surface area contributed by atoms with E-state index in [1.54, 1.807) is 6.20 Å². The van der Waals surface area contributed by atoms with Gasteiger partial charge < -0.3 is 30.9 Å². The molecule has 0 radical (unpaired) electrons. The largest absolute Gasteiger partial charge is 0.465 e. The molecule has 2 aromatic carbocycles. The average molecular weight is 591 g/mol. The first-order valence-electron chi connectivity index (χ1n) is 14.2. The summed E-state index contributed by atoms with van der Waals surface area (Å²) in [4.78, 5) is 41.7. The normalized spacial score (nSPS) is 14.1. The summed E-state index contributed by atoms with van der Waals surface area (Å²) in [6, 6.07) is 18.7. The third kappa shape index (κ3) is 10.4. The third-order valence-electron chi connectivity index (χ3n) is 7.16. The van der Waals surface area contributed by atoms with Crippen molar-refractivity contribution in [2.75, 3.05) is 7.11 Å². The molecular weight excluding hydrogens is 548 g/mol. The Labute approximate surface area is 252 Å². The van der Waals surface area contributed by atoms with Gasteiger partial charge in [0.1, 0.15) is 6.04 Å². The number of hydrogen-bond acceptors (Lipinski definition) is 6. The number of aliphatic hydroxyl groups excluding tert-OH is 1. The molecule has 1 heterocycles. The van der Waals surface area contributed by atoms with Crippen LogP contribution in [0.2, 0.25) is 0 Å². The molecule has 5 N–H and O–H groups in total. The summed E-state index contributed by atoms with van der Waals surface area (Å²) in [5.41, 5.74) is 3.94. The number of aryl methyl sites for hydroxylation is 1. The number of benzene rings is 2. The molecule has 230 valence electrons. The summed E-state index contributed by atoms with van der Waals surface area (Å²) in [6.45, 7) is 7.44. The minimum Gasteiger partial charge on any atom is -0.465 e. The van der Waals surface area contributed by atoms with Crippen molar-refractivity contribution < 1.29 is 29.3 Å². The van der Waals surface area contributed by atoms with E-state index in [2.05, 4.69) is 20.9 Å². The number of nitrogens with one attached hydrogen (secondary N) is 3. The molecule has 0 saturated carbocycles. The maximum atomic E-state index is 13.5. The zero-order chi connectivity index (χ0) is 31.6. The van der Waals surface area contributed by atoms with Crippen LogP contribution in [0.3, 0.4) is 0 Å². The maximum absolute atomic E-state index is 13.5. The zero-order valence-electron chi connectivity index (χ0n) is 25.3. The molecule has 0 aliphatic carbocycles. The number of carbonyl (C=O) groups excluding carboxylic acids is 2. The van der Waals surface area contributed by atoms with Gasteiger partial charge in [-0.05, 0) is 54.4 Å². The molecule has 0 saturated heterocycles. The Hall–Kier alpha value is -4.44. The van der Waals surface area contributed by atoms with Crippen molar-refractivity contribution in [3.63, 3.8) is 0 Å². The third-order valence-corrected chi connectivity index (χ3v) is 7.16. The van der Waals surface area contributed by atoms with Crippen molar-refractivity contribution in [2.45, 2.75) is 71.2 Å². The van der Waals surface area contributed by atoms with Gasteiger partial charge in [0.05, 0.1) is 24.9 Å². The highest BCUT2D eigenvalue weighted by Crippen LogP contribution is 2.22. The van der Waals surface area contributed by atoms with E-state index in [-0.39, 0.29) is 12.8 Å². The van der Waals surface area contributed by atoms with E-state index in [1.807, 2.05) is 94.4 Å². The van der Waals surface area contributed by atoms with Gasteiger partial charge in [-0.3, -0.25) is 9.78 Å². The number of methoxy groups -OCH3 is 1. The lowest BCUT2D eigenvalue weighted by molar-refractivity contribution is -0.126. The van der Waals surface area contributed by atoms with Gasteiger partial charge in [0.2, 0.25) is 5.91 Å². The predicted molar refractivity (Wildman–Crippen MR) is 165 cm³/mol. The van der Waals surface area contributed by atoms with Gasteiger partial charge in [0, 0.05) is 17.8 Å². The first kappa shape index (κ1) is 33.1. The van der Waals surface area contributed by atoms with E-state index in [9.17, 15) is 24.6 Å². The van der Waals surface area contributed by atoms with Crippen LogP contribution in [-0.2, 0) is 22.4 Å². The van der Waals surface area contributed by atoms with Gasteiger partial charge in [-0.15, -0.1) is 0 Å². The highest BCUT2D eigenvalue weighted by Gasteiger charge is 2.35. The summed E-state index contributed by atoms with van der Waals surface area (Å²) in [5, 5.41) is 28.8.